The summed E-state index contributed by atoms with van der Waals surface area (Å²) in [7, 11) is 0. The van der Waals surface area contributed by atoms with Crippen molar-refractivity contribution in [1.29, 1.82) is 0 Å². The number of thiophene rings is 1. The van der Waals surface area contributed by atoms with Crippen molar-refractivity contribution in [2.75, 3.05) is 6.61 Å². The van der Waals surface area contributed by atoms with Gasteiger partial charge in [-0.05, 0) is 62.9 Å². The molecule has 0 bridgehead atoms. The quantitative estimate of drug-likeness (QED) is 0.518. The summed E-state index contributed by atoms with van der Waals surface area (Å²) in [6.45, 7) is 7.75. The molecule has 1 atom stereocenters. The van der Waals surface area contributed by atoms with Gasteiger partial charge in [0, 0.05) is 4.88 Å². The molecule has 8 heteroatoms. The van der Waals surface area contributed by atoms with Crippen LogP contribution >= 0.6 is 22.7 Å². The van der Waals surface area contributed by atoms with Crippen LogP contribution in [0.15, 0.2) is 62.8 Å². The zero-order valence-electron chi connectivity index (χ0n) is 18.3. The minimum absolute atomic E-state index is 0.0608. The highest BCUT2D eigenvalue weighted by atomic mass is 32.1. The van der Waals surface area contributed by atoms with Crippen LogP contribution in [0.1, 0.15) is 44.2 Å². The number of fused-ring (bicyclic) bond motifs is 1. The number of nitrogens with zero attached hydrogens (tertiary/aromatic N) is 2. The Balaban J connectivity index is 1.87. The lowest BCUT2D eigenvalue weighted by molar-refractivity contribution is -0.139. The Morgan fingerprint density at radius 3 is 2.78 bits per heavy atom. The summed E-state index contributed by atoms with van der Waals surface area (Å²) in [5, 5.41) is 1.93. The normalized spacial score (nSPS) is 16.2. The Bertz CT molecular complexity index is 1350. The van der Waals surface area contributed by atoms with Gasteiger partial charge in [-0.15, -0.1) is 11.3 Å². The number of aromatic nitrogens is 1. The number of rotatable bonds is 6. The Kier molecular flexibility index (Phi) is 6.43. The number of carbonyl (C=O) groups excluding carboxylic acids is 1. The molecule has 0 unspecified atom stereocenters. The number of thiazole rings is 1. The molecule has 4 rings (SSSR count). The van der Waals surface area contributed by atoms with Crippen molar-refractivity contribution in [3.63, 3.8) is 0 Å². The second kappa shape index (κ2) is 9.26. The fraction of sp³-hybridized carbons (Fsp3) is 0.292. The standard InChI is InChI=1S/C24H24N2O4S2/c1-5-29-23(28)20-15(4)25-24-26(21(20)18-10-7-11-31-18)22(27)19(32-24)13-16-8-6-9-17(12-16)30-14(2)3/h6-14,21H,5H2,1-4H3/b19-13-/t21-/m1/s1. The van der Waals surface area contributed by atoms with E-state index >= 15 is 0 Å². The van der Waals surface area contributed by atoms with Crippen LogP contribution < -0.4 is 19.6 Å². The second-order valence-electron chi connectivity index (χ2n) is 7.56. The monoisotopic (exact) mass is 468 g/mol. The van der Waals surface area contributed by atoms with Crippen LogP contribution in [0.5, 0.6) is 5.75 Å². The van der Waals surface area contributed by atoms with Crippen LogP contribution in [0.4, 0.5) is 0 Å². The van der Waals surface area contributed by atoms with Crippen molar-refractivity contribution >= 4 is 34.7 Å². The summed E-state index contributed by atoms with van der Waals surface area (Å²) in [5.74, 6) is 0.304. The molecule has 6 nitrogen and oxygen atoms in total. The second-order valence-corrected chi connectivity index (χ2v) is 9.55. The molecule has 0 fully saturated rings. The number of benzene rings is 1. The Morgan fingerprint density at radius 2 is 2.09 bits per heavy atom. The minimum Gasteiger partial charge on any atom is -0.491 e. The Hall–Kier alpha value is -2.97. The lowest BCUT2D eigenvalue weighted by Gasteiger charge is -2.23. The molecule has 0 saturated carbocycles. The fourth-order valence-electron chi connectivity index (χ4n) is 3.61. The summed E-state index contributed by atoms with van der Waals surface area (Å²) >= 11 is 2.81. The largest absolute Gasteiger partial charge is 0.491 e. The maximum atomic E-state index is 13.5. The van der Waals surface area contributed by atoms with Crippen molar-refractivity contribution in [1.82, 2.24) is 4.57 Å². The van der Waals surface area contributed by atoms with Gasteiger partial charge in [0.2, 0.25) is 0 Å². The predicted octanol–water partition coefficient (Wildman–Crippen LogP) is 3.65. The highest BCUT2D eigenvalue weighted by molar-refractivity contribution is 7.10. The van der Waals surface area contributed by atoms with Gasteiger partial charge in [0.15, 0.2) is 4.80 Å². The van der Waals surface area contributed by atoms with E-state index in [0.717, 1.165) is 16.2 Å². The summed E-state index contributed by atoms with van der Waals surface area (Å²) in [4.78, 5) is 32.3. The molecule has 1 aromatic carbocycles. The van der Waals surface area contributed by atoms with E-state index in [1.54, 1.807) is 18.4 Å². The van der Waals surface area contributed by atoms with Crippen molar-refractivity contribution in [2.24, 2.45) is 4.99 Å². The highest BCUT2D eigenvalue weighted by Gasteiger charge is 2.33. The molecule has 3 aromatic rings. The molecule has 166 valence electrons. The third kappa shape index (κ3) is 4.33. The van der Waals surface area contributed by atoms with Crippen molar-refractivity contribution in [2.45, 2.75) is 39.8 Å². The van der Waals surface area contributed by atoms with Crippen LogP contribution in [-0.2, 0) is 9.53 Å². The van der Waals surface area contributed by atoms with Crippen molar-refractivity contribution in [3.8, 4) is 5.75 Å². The number of hydrogen-bond donors (Lipinski definition) is 0. The molecule has 0 radical (unpaired) electrons. The van der Waals surface area contributed by atoms with Gasteiger partial charge >= 0.3 is 5.97 Å². The van der Waals surface area contributed by atoms with Gasteiger partial charge < -0.3 is 9.47 Å². The van der Waals surface area contributed by atoms with E-state index in [2.05, 4.69) is 4.99 Å². The molecule has 0 spiro atoms. The number of esters is 1. The molecule has 1 aliphatic heterocycles. The van der Waals surface area contributed by atoms with E-state index < -0.39 is 12.0 Å². The Morgan fingerprint density at radius 1 is 1.28 bits per heavy atom. The number of ether oxygens (including phenoxy) is 2. The van der Waals surface area contributed by atoms with Gasteiger partial charge in [0.1, 0.15) is 11.8 Å². The number of hydrogen-bond acceptors (Lipinski definition) is 7. The molecule has 3 heterocycles. The third-order valence-electron chi connectivity index (χ3n) is 4.86. The number of allylic oxidation sites excluding steroid dienone is 1. The smallest absolute Gasteiger partial charge is 0.338 e. The first-order valence-electron chi connectivity index (χ1n) is 10.4. The first-order chi connectivity index (χ1) is 15.4. The maximum Gasteiger partial charge on any atom is 0.338 e. The van der Waals surface area contributed by atoms with E-state index in [4.69, 9.17) is 9.47 Å². The van der Waals surface area contributed by atoms with E-state index in [9.17, 15) is 9.59 Å². The zero-order valence-corrected chi connectivity index (χ0v) is 20.0. The first kappa shape index (κ1) is 22.2. The van der Waals surface area contributed by atoms with E-state index in [0.29, 0.717) is 20.6 Å². The Labute approximate surface area is 193 Å². The lowest BCUT2D eigenvalue weighted by atomic mass is 10.0. The van der Waals surface area contributed by atoms with E-state index in [1.165, 1.54) is 22.7 Å². The summed E-state index contributed by atoms with van der Waals surface area (Å²) in [6, 6.07) is 10.9. The zero-order chi connectivity index (χ0) is 22.8. The minimum atomic E-state index is -0.553. The van der Waals surface area contributed by atoms with Crippen LogP contribution in [0.2, 0.25) is 0 Å². The van der Waals surface area contributed by atoms with Gasteiger partial charge in [-0.2, -0.15) is 0 Å². The maximum absolute atomic E-state index is 13.5. The summed E-state index contributed by atoms with van der Waals surface area (Å²) in [6.07, 6.45) is 1.90. The van der Waals surface area contributed by atoms with Gasteiger partial charge in [-0.25, -0.2) is 9.79 Å². The highest BCUT2D eigenvalue weighted by Crippen LogP contribution is 2.33. The number of carbonyl (C=O) groups is 1. The third-order valence-corrected chi connectivity index (χ3v) is 6.77. The van der Waals surface area contributed by atoms with E-state index in [-0.39, 0.29) is 18.3 Å². The molecule has 0 amide bonds. The molecule has 0 saturated heterocycles. The van der Waals surface area contributed by atoms with Gasteiger partial charge in [-0.1, -0.05) is 29.5 Å². The van der Waals surface area contributed by atoms with Crippen LogP contribution in [0, 0.1) is 0 Å². The first-order valence-corrected chi connectivity index (χ1v) is 12.1. The van der Waals surface area contributed by atoms with Crippen molar-refractivity contribution < 1.29 is 14.3 Å². The molecular formula is C24H24N2O4S2. The fourth-order valence-corrected chi connectivity index (χ4v) is 5.48. The summed E-state index contributed by atoms with van der Waals surface area (Å²) in [5.41, 5.74) is 1.65. The average molecular weight is 469 g/mol. The topological polar surface area (TPSA) is 69.9 Å². The van der Waals surface area contributed by atoms with Crippen LogP contribution in [0.25, 0.3) is 6.08 Å². The van der Waals surface area contributed by atoms with Gasteiger partial charge in [-0.3, -0.25) is 9.36 Å². The molecule has 0 aliphatic carbocycles. The van der Waals surface area contributed by atoms with Gasteiger partial charge in [0.05, 0.1) is 28.5 Å². The lowest BCUT2D eigenvalue weighted by Crippen LogP contribution is -2.39. The predicted molar refractivity (Wildman–Crippen MR) is 127 cm³/mol. The molecule has 0 N–H and O–H groups in total. The molecule has 2 aromatic heterocycles. The van der Waals surface area contributed by atoms with Crippen molar-refractivity contribution in [3.05, 3.63) is 83.2 Å². The van der Waals surface area contributed by atoms with Gasteiger partial charge in [0.25, 0.3) is 5.56 Å². The molecular weight excluding hydrogens is 444 g/mol. The SMILES string of the molecule is CCOC(=O)C1=C(C)N=c2s/c(=C\c3cccc(OC(C)C)c3)c(=O)n2[C@@H]1c1cccs1. The van der Waals surface area contributed by atoms with Crippen LogP contribution in [-0.4, -0.2) is 23.2 Å². The molecule has 32 heavy (non-hydrogen) atoms. The van der Waals surface area contributed by atoms with E-state index in [1.807, 2.05) is 61.7 Å². The average Bonchev–Trinajstić information content (AvgIpc) is 3.36. The molecule has 1 aliphatic rings. The van der Waals surface area contributed by atoms with Crippen LogP contribution in [0.3, 0.4) is 0 Å². The summed E-state index contributed by atoms with van der Waals surface area (Å²) < 4.78 is 13.2.